The van der Waals surface area contributed by atoms with Crippen LogP contribution in [0.5, 0.6) is 11.5 Å². The SMILES string of the molecule is Cc1cc(OCCNc2ccncc2)cc(OS(=O)(=O)c2ccccc2C)c1. The number of aromatic nitrogens is 1. The first-order valence-corrected chi connectivity index (χ1v) is 10.2. The Hall–Kier alpha value is -3.06. The molecule has 0 aliphatic carbocycles. The summed E-state index contributed by atoms with van der Waals surface area (Å²) in [7, 11) is -3.91. The molecule has 0 amide bonds. The van der Waals surface area contributed by atoms with E-state index < -0.39 is 10.1 Å². The number of aryl methyl sites for hydroxylation is 2. The summed E-state index contributed by atoms with van der Waals surface area (Å²) in [5.74, 6) is 0.770. The van der Waals surface area contributed by atoms with Crippen molar-refractivity contribution in [2.24, 2.45) is 0 Å². The summed E-state index contributed by atoms with van der Waals surface area (Å²) >= 11 is 0. The highest BCUT2D eigenvalue weighted by Gasteiger charge is 2.19. The minimum atomic E-state index is -3.91. The number of ether oxygens (including phenoxy) is 1. The smallest absolute Gasteiger partial charge is 0.339 e. The first-order valence-electron chi connectivity index (χ1n) is 8.82. The van der Waals surface area contributed by atoms with Gasteiger partial charge >= 0.3 is 10.1 Å². The lowest BCUT2D eigenvalue weighted by atomic mass is 10.2. The Labute approximate surface area is 165 Å². The van der Waals surface area contributed by atoms with Crippen molar-refractivity contribution in [3.63, 3.8) is 0 Å². The second kappa shape index (κ2) is 8.75. The van der Waals surface area contributed by atoms with Gasteiger partial charge in [-0.1, -0.05) is 18.2 Å². The molecule has 7 heteroatoms. The number of benzene rings is 2. The highest BCUT2D eigenvalue weighted by molar-refractivity contribution is 7.87. The Kier molecular flexibility index (Phi) is 6.16. The third-order valence-corrected chi connectivity index (χ3v) is 5.38. The van der Waals surface area contributed by atoms with Crippen LogP contribution in [0.2, 0.25) is 0 Å². The van der Waals surface area contributed by atoms with Crippen LogP contribution in [0.25, 0.3) is 0 Å². The average Bonchev–Trinajstić information content (AvgIpc) is 2.65. The van der Waals surface area contributed by atoms with E-state index in [0.717, 1.165) is 11.3 Å². The normalized spacial score (nSPS) is 11.1. The second-order valence-corrected chi connectivity index (χ2v) is 7.81. The van der Waals surface area contributed by atoms with E-state index in [1.807, 2.05) is 25.1 Å². The molecule has 0 unspecified atom stereocenters. The quantitative estimate of drug-likeness (QED) is 0.457. The molecule has 0 aliphatic rings. The van der Waals surface area contributed by atoms with E-state index in [-0.39, 0.29) is 10.6 Å². The molecule has 146 valence electrons. The molecule has 1 aromatic heterocycles. The van der Waals surface area contributed by atoms with E-state index in [9.17, 15) is 8.42 Å². The molecule has 6 nitrogen and oxygen atoms in total. The molecule has 0 saturated heterocycles. The summed E-state index contributed by atoms with van der Waals surface area (Å²) in [6, 6.07) is 15.5. The Bertz CT molecular complexity index is 1040. The fraction of sp³-hybridized carbons (Fsp3) is 0.190. The van der Waals surface area contributed by atoms with Crippen LogP contribution in [0.3, 0.4) is 0 Å². The first kappa shape index (κ1) is 19.7. The van der Waals surface area contributed by atoms with Gasteiger partial charge in [-0.2, -0.15) is 8.42 Å². The van der Waals surface area contributed by atoms with Crippen molar-refractivity contribution >= 4 is 15.8 Å². The summed E-state index contributed by atoms with van der Waals surface area (Å²) in [6.07, 6.45) is 3.42. The molecule has 0 radical (unpaired) electrons. The number of anilines is 1. The van der Waals surface area contributed by atoms with Gasteiger partial charge in [-0.3, -0.25) is 4.98 Å². The summed E-state index contributed by atoms with van der Waals surface area (Å²) < 4.78 is 36.2. The van der Waals surface area contributed by atoms with Gasteiger partial charge in [0.1, 0.15) is 23.0 Å². The van der Waals surface area contributed by atoms with Gasteiger partial charge in [0.25, 0.3) is 0 Å². The topological polar surface area (TPSA) is 77.5 Å². The van der Waals surface area contributed by atoms with Crippen LogP contribution >= 0.6 is 0 Å². The standard InChI is InChI=1S/C21H22N2O4S/c1-16-13-19(26-12-11-23-18-7-9-22-10-8-18)15-20(14-16)27-28(24,25)21-6-4-3-5-17(21)2/h3-10,13-15H,11-12H2,1-2H3,(H,22,23). The zero-order valence-electron chi connectivity index (χ0n) is 15.8. The van der Waals surface area contributed by atoms with E-state index in [1.165, 1.54) is 6.07 Å². The van der Waals surface area contributed by atoms with Crippen LogP contribution < -0.4 is 14.2 Å². The van der Waals surface area contributed by atoms with Gasteiger partial charge in [0.2, 0.25) is 0 Å². The van der Waals surface area contributed by atoms with Crippen molar-refractivity contribution in [2.45, 2.75) is 18.7 Å². The maximum atomic E-state index is 12.6. The maximum absolute atomic E-state index is 12.6. The van der Waals surface area contributed by atoms with E-state index in [4.69, 9.17) is 8.92 Å². The number of hydrogen-bond donors (Lipinski definition) is 1. The number of rotatable bonds is 8. The molecule has 0 atom stereocenters. The molecular weight excluding hydrogens is 376 g/mol. The molecule has 3 aromatic rings. The monoisotopic (exact) mass is 398 g/mol. The predicted octanol–water partition coefficient (Wildman–Crippen LogP) is 3.96. The summed E-state index contributed by atoms with van der Waals surface area (Å²) in [5.41, 5.74) is 2.43. The lowest BCUT2D eigenvalue weighted by Gasteiger charge is -2.12. The van der Waals surface area contributed by atoms with Crippen molar-refractivity contribution in [2.75, 3.05) is 18.5 Å². The van der Waals surface area contributed by atoms with Gasteiger partial charge in [-0.05, 0) is 55.3 Å². The lowest BCUT2D eigenvalue weighted by Crippen LogP contribution is -2.13. The molecule has 2 aromatic carbocycles. The third-order valence-electron chi connectivity index (χ3n) is 3.97. The van der Waals surface area contributed by atoms with Crippen LogP contribution in [0.1, 0.15) is 11.1 Å². The fourth-order valence-electron chi connectivity index (χ4n) is 2.69. The van der Waals surface area contributed by atoms with Gasteiger partial charge in [-0.25, -0.2) is 0 Å². The third kappa shape index (κ3) is 5.23. The summed E-state index contributed by atoms with van der Waals surface area (Å²) in [6.45, 7) is 4.59. The molecule has 1 heterocycles. The van der Waals surface area contributed by atoms with Crippen LogP contribution in [0, 0.1) is 13.8 Å². The Balaban J connectivity index is 1.65. The molecular formula is C21H22N2O4S. The van der Waals surface area contributed by atoms with Crippen molar-refractivity contribution in [1.82, 2.24) is 4.98 Å². The maximum Gasteiger partial charge on any atom is 0.339 e. The van der Waals surface area contributed by atoms with Crippen molar-refractivity contribution in [3.8, 4) is 11.5 Å². The summed E-state index contributed by atoms with van der Waals surface area (Å²) in [4.78, 5) is 4.12. The number of pyridine rings is 1. The van der Waals surface area contributed by atoms with Gasteiger partial charge in [0, 0.05) is 30.7 Å². The minimum Gasteiger partial charge on any atom is -0.492 e. The highest BCUT2D eigenvalue weighted by atomic mass is 32.2. The van der Waals surface area contributed by atoms with E-state index >= 15 is 0 Å². The van der Waals surface area contributed by atoms with Gasteiger partial charge < -0.3 is 14.2 Å². The zero-order chi connectivity index (χ0) is 20.0. The number of nitrogens with zero attached hydrogens (tertiary/aromatic N) is 1. The molecule has 1 N–H and O–H groups in total. The summed E-state index contributed by atoms with van der Waals surface area (Å²) in [5, 5.41) is 3.22. The Morgan fingerprint density at radius 3 is 2.43 bits per heavy atom. The van der Waals surface area contributed by atoms with Gasteiger partial charge in [-0.15, -0.1) is 0 Å². The Morgan fingerprint density at radius 1 is 0.964 bits per heavy atom. The Morgan fingerprint density at radius 2 is 1.68 bits per heavy atom. The minimum absolute atomic E-state index is 0.153. The van der Waals surface area contributed by atoms with Crippen LogP contribution in [0.15, 0.2) is 71.9 Å². The van der Waals surface area contributed by atoms with E-state index in [2.05, 4.69) is 10.3 Å². The molecule has 0 saturated carbocycles. The number of nitrogens with one attached hydrogen (secondary N) is 1. The second-order valence-electron chi connectivity index (χ2n) is 6.30. The molecule has 0 spiro atoms. The van der Waals surface area contributed by atoms with Gasteiger partial charge in [0.05, 0.1) is 0 Å². The van der Waals surface area contributed by atoms with Crippen LogP contribution in [-0.2, 0) is 10.1 Å². The van der Waals surface area contributed by atoms with Crippen LogP contribution in [-0.4, -0.2) is 26.6 Å². The van der Waals surface area contributed by atoms with Crippen molar-refractivity contribution in [1.29, 1.82) is 0 Å². The highest BCUT2D eigenvalue weighted by Crippen LogP contribution is 2.26. The largest absolute Gasteiger partial charge is 0.492 e. The van der Waals surface area contributed by atoms with E-state index in [1.54, 1.807) is 49.6 Å². The first-order chi connectivity index (χ1) is 13.4. The van der Waals surface area contributed by atoms with Crippen LogP contribution in [0.4, 0.5) is 5.69 Å². The average molecular weight is 398 g/mol. The molecule has 28 heavy (non-hydrogen) atoms. The van der Waals surface area contributed by atoms with Crippen molar-refractivity contribution in [3.05, 3.63) is 78.1 Å². The van der Waals surface area contributed by atoms with Gasteiger partial charge in [0.15, 0.2) is 0 Å². The molecule has 0 aliphatic heterocycles. The fourth-order valence-corrected chi connectivity index (χ4v) is 3.83. The molecule has 0 bridgehead atoms. The number of hydrogen-bond acceptors (Lipinski definition) is 6. The predicted molar refractivity (Wildman–Crippen MR) is 108 cm³/mol. The molecule has 0 fully saturated rings. The molecule has 3 rings (SSSR count). The van der Waals surface area contributed by atoms with Crippen molar-refractivity contribution < 1.29 is 17.3 Å². The van der Waals surface area contributed by atoms with E-state index in [0.29, 0.717) is 24.5 Å². The zero-order valence-corrected chi connectivity index (χ0v) is 16.6. The lowest BCUT2D eigenvalue weighted by molar-refractivity contribution is 0.331.